The second-order valence-corrected chi connectivity index (χ2v) is 7.10. The third-order valence-corrected chi connectivity index (χ3v) is 4.76. The van der Waals surface area contributed by atoms with Crippen LogP contribution in [-0.4, -0.2) is 8.42 Å². The van der Waals surface area contributed by atoms with Crippen LogP contribution >= 0.6 is 27.5 Å². The molecule has 0 bridgehead atoms. The lowest BCUT2D eigenvalue weighted by molar-refractivity contribution is 0.598. The van der Waals surface area contributed by atoms with Gasteiger partial charge in [0.25, 0.3) is 0 Å². The second kappa shape index (κ2) is 6.31. The van der Waals surface area contributed by atoms with Crippen LogP contribution < -0.4 is 10.5 Å². The molecule has 0 saturated carbocycles. The standard InChI is InChI=1S/C13H11BrClFN2O2S/c14-11-3-1-9(16)5-8(11)7-18-13-6-10(21(17,19)20)2-4-12(13)15/h1-6,18H,7H2,(H2,17,19,20). The minimum Gasteiger partial charge on any atom is -0.380 e. The molecule has 21 heavy (non-hydrogen) atoms. The predicted octanol–water partition coefficient (Wildman–Crippen LogP) is 3.50. The summed E-state index contributed by atoms with van der Waals surface area (Å²) in [4.78, 5) is -0.0484. The molecule has 8 heteroatoms. The van der Waals surface area contributed by atoms with Gasteiger partial charge in [-0.3, -0.25) is 0 Å². The number of primary sulfonamides is 1. The first-order valence-electron chi connectivity index (χ1n) is 5.77. The minimum atomic E-state index is -3.81. The Hall–Kier alpha value is -1.15. The van der Waals surface area contributed by atoms with E-state index in [0.29, 0.717) is 16.3 Å². The van der Waals surface area contributed by atoms with Crippen LogP contribution in [-0.2, 0) is 16.6 Å². The summed E-state index contributed by atoms with van der Waals surface area (Å²) in [5.41, 5.74) is 1.08. The van der Waals surface area contributed by atoms with Crippen LogP contribution in [0.1, 0.15) is 5.56 Å². The molecule has 3 N–H and O–H groups in total. The van der Waals surface area contributed by atoms with E-state index in [0.717, 1.165) is 4.47 Å². The molecule has 112 valence electrons. The minimum absolute atomic E-state index is 0.0484. The summed E-state index contributed by atoms with van der Waals surface area (Å²) in [6.07, 6.45) is 0. The van der Waals surface area contributed by atoms with Gasteiger partial charge in [0.1, 0.15) is 5.82 Å². The third kappa shape index (κ3) is 4.16. The fourth-order valence-electron chi connectivity index (χ4n) is 1.69. The maximum atomic E-state index is 13.2. The zero-order valence-corrected chi connectivity index (χ0v) is 13.8. The summed E-state index contributed by atoms with van der Waals surface area (Å²) < 4.78 is 36.6. The number of hydrogen-bond acceptors (Lipinski definition) is 3. The Balaban J connectivity index is 2.26. The second-order valence-electron chi connectivity index (χ2n) is 4.28. The molecule has 0 amide bonds. The summed E-state index contributed by atoms with van der Waals surface area (Å²) >= 11 is 9.31. The number of sulfonamides is 1. The Morgan fingerprint density at radius 1 is 1.24 bits per heavy atom. The predicted molar refractivity (Wildman–Crippen MR) is 84.3 cm³/mol. The maximum Gasteiger partial charge on any atom is 0.238 e. The molecule has 2 rings (SSSR count). The first-order chi connectivity index (χ1) is 9.77. The Morgan fingerprint density at radius 3 is 2.62 bits per heavy atom. The van der Waals surface area contributed by atoms with Crippen LogP contribution in [0.15, 0.2) is 45.8 Å². The lowest BCUT2D eigenvalue weighted by Crippen LogP contribution is -2.12. The van der Waals surface area contributed by atoms with Crippen LogP contribution in [0, 0.1) is 5.82 Å². The normalized spacial score (nSPS) is 11.4. The van der Waals surface area contributed by atoms with Gasteiger partial charge in [-0.25, -0.2) is 17.9 Å². The van der Waals surface area contributed by atoms with Crippen molar-refractivity contribution >= 4 is 43.2 Å². The van der Waals surface area contributed by atoms with E-state index >= 15 is 0 Å². The molecule has 2 aromatic carbocycles. The van der Waals surface area contributed by atoms with E-state index < -0.39 is 10.0 Å². The highest BCUT2D eigenvalue weighted by atomic mass is 79.9. The lowest BCUT2D eigenvalue weighted by atomic mass is 10.2. The van der Waals surface area contributed by atoms with Crippen molar-refractivity contribution in [2.45, 2.75) is 11.4 Å². The van der Waals surface area contributed by atoms with Gasteiger partial charge in [0.15, 0.2) is 0 Å². The molecule has 0 fully saturated rings. The molecule has 4 nitrogen and oxygen atoms in total. The Labute approximate surface area is 135 Å². The zero-order valence-electron chi connectivity index (χ0n) is 10.6. The van der Waals surface area contributed by atoms with Crippen LogP contribution in [0.4, 0.5) is 10.1 Å². The number of nitrogens with two attached hydrogens (primary N) is 1. The average molecular weight is 394 g/mol. The van der Waals surface area contributed by atoms with Gasteiger partial charge in [-0.15, -0.1) is 0 Å². The fraction of sp³-hybridized carbons (Fsp3) is 0.0769. The number of benzene rings is 2. The first-order valence-corrected chi connectivity index (χ1v) is 8.49. The van der Waals surface area contributed by atoms with E-state index in [1.165, 1.54) is 30.3 Å². The van der Waals surface area contributed by atoms with Gasteiger partial charge >= 0.3 is 0 Å². The number of rotatable bonds is 4. The molecule has 0 aliphatic rings. The number of hydrogen-bond donors (Lipinski definition) is 2. The van der Waals surface area contributed by atoms with Gasteiger partial charge in [-0.05, 0) is 42.0 Å². The van der Waals surface area contributed by atoms with Crippen LogP contribution in [0.25, 0.3) is 0 Å². The average Bonchev–Trinajstić information content (AvgIpc) is 2.40. The molecule has 0 unspecified atom stereocenters. The van der Waals surface area contributed by atoms with Crippen molar-refractivity contribution < 1.29 is 12.8 Å². The molecule has 0 atom stereocenters. The monoisotopic (exact) mass is 392 g/mol. The molecule has 0 spiro atoms. The van der Waals surface area contributed by atoms with Gasteiger partial charge in [0, 0.05) is 11.0 Å². The van der Waals surface area contributed by atoms with Crippen molar-refractivity contribution in [1.29, 1.82) is 0 Å². The summed E-state index contributed by atoms with van der Waals surface area (Å²) in [6.45, 7) is 0.270. The molecule has 0 aliphatic heterocycles. The number of halogens is 3. The molecule has 0 saturated heterocycles. The molecular formula is C13H11BrClFN2O2S. The smallest absolute Gasteiger partial charge is 0.238 e. The highest BCUT2D eigenvalue weighted by Gasteiger charge is 2.11. The largest absolute Gasteiger partial charge is 0.380 e. The molecule has 0 aliphatic carbocycles. The van der Waals surface area contributed by atoms with Crippen LogP contribution in [0.2, 0.25) is 5.02 Å². The van der Waals surface area contributed by atoms with Crippen molar-refractivity contribution in [3.05, 3.63) is 57.3 Å². The van der Waals surface area contributed by atoms with Gasteiger partial charge < -0.3 is 5.32 Å². The first kappa shape index (κ1) is 16.2. The van der Waals surface area contributed by atoms with E-state index in [1.807, 2.05) is 0 Å². The highest BCUT2D eigenvalue weighted by Crippen LogP contribution is 2.26. The molecule has 0 heterocycles. The van der Waals surface area contributed by atoms with Gasteiger partial charge in [0.2, 0.25) is 10.0 Å². The van der Waals surface area contributed by atoms with E-state index in [1.54, 1.807) is 6.07 Å². The Kier molecular flexibility index (Phi) is 4.88. The van der Waals surface area contributed by atoms with E-state index in [-0.39, 0.29) is 17.3 Å². The summed E-state index contributed by atoms with van der Waals surface area (Å²) in [5.74, 6) is -0.362. The number of anilines is 1. The quantitative estimate of drug-likeness (QED) is 0.835. The molecular weight excluding hydrogens is 383 g/mol. The van der Waals surface area contributed by atoms with Crippen molar-refractivity contribution in [3.63, 3.8) is 0 Å². The van der Waals surface area contributed by atoms with Crippen molar-refractivity contribution in [2.24, 2.45) is 5.14 Å². The molecule has 0 aromatic heterocycles. The fourth-order valence-corrected chi connectivity index (χ4v) is 2.80. The van der Waals surface area contributed by atoms with Crippen LogP contribution in [0.3, 0.4) is 0 Å². The van der Waals surface area contributed by atoms with E-state index in [4.69, 9.17) is 16.7 Å². The van der Waals surface area contributed by atoms with E-state index in [9.17, 15) is 12.8 Å². The van der Waals surface area contributed by atoms with Gasteiger partial charge in [-0.1, -0.05) is 27.5 Å². The number of nitrogens with one attached hydrogen (secondary N) is 1. The summed E-state index contributed by atoms with van der Waals surface area (Å²) in [6, 6.07) is 8.39. The lowest BCUT2D eigenvalue weighted by Gasteiger charge is -2.11. The summed E-state index contributed by atoms with van der Waals surface area (Å²) in [7, 11) is -3.81. The molecule has 0 radical (unpaired) electrons. The van der Waals surface area contributed by atoms with Gasteiger partial charge in [-0.2, -0.15) is 0 Å². The Bertz CT molecular complexity index is 784. The topological polar surface area (TPSA) is 72.2 Å². The van der Waals surface area contributed by atoms with Crippen molar-refractivity contribution in [3.8, 4) is 0 Å². The van der Waals surface area contributed by atoms with Crippen molar-refractivity contribution in [2.75, 3.05) is 5.32 Å². The summed E-state index contributed by atoms with van der Waals surface area (Å²) in [5, 5.41) is 8.37. The SMILES string of the molecule is NS(=O)(=O)c1ccc(Cl)c(NCc2cc(F)ccc2Br)c1. The highest BCUT2D eigenvalue weighted by molar-refractivity contribution is 9.10. The third-order valence-electron chi connectivity index (χ3n) is 2.74. The zero-order chi connectivity index (χ0) is 15.6. The Morgan fingerprint density at radius 2 is 1.95 bits per heavy atom. The maximum absolute atomic E-state index is 13.2. The van der Waals surface area contributed by atoms with Gasteiger partial charge in [0.05, 0.1) is 15.6 Å². The molecule has 2 aromatic rings. The van der Waals surface area contributed by atoms with Crippen LogP contribution in [0.5, 0.6) is 0 Å². The van der Waals surface area contributed by atoms with E-state index in [2.05, 4.69) is 21.2 Å². The van der Waals surface area contributed by atoms with Crippen molar-refractivity contribution in [1.82, 2.24) is 0 Å².